The largest absolute Gasteiger partial charge is 0.339 e. The number of benzene rings is 1. The molecule has 7 nitrogen and oxygen atoms in total. The summed E-state index contributed by atoms with van der Waals surface area (Å²) < 4.78 is 27.8. The molecule has 2 heterocycles. The van der Waals surface area contributed by atoms with E-state index in [-0.39, 0.29) is 16.8 Å². The van der Waals surface area contributed by atoms with E-state index in [0.717, 1.165) is 17.3 Å². The molecule has 2 aliphatic rings. The lowest BCUT2D eigenvalue weighted by atomic mass is 9.99. The third-order valence-electron chi connectivity index (χ3n) is 5.02. The van der Waals surface area contributed by atoms with Crippen molar-refractivity contribution in [2.24, 2.45) is 5.92 Å². The maximum Gasteiger partial charge on any atom is 0.243 e. The second-order valence-corrected chi connectivity index (χ2v) is 10.4. The molecular formula is C18H27BrN4O3S. The molecule has 2 saturated heterocycles. The summed E-state index contributed by atoms with van der Waals surface area (Å²) >= 11 is 3.32. The van der Waals surface area contributed by atoms with E-state index in [1.807, 2.05) is 0 Å². The quantitative estimate of drug-likeness (QED) is 0.699. The van der Waals surface area contributed by atoms with E-state index in [2.05, 4.69) is 40.6 Å². The Kier molecular flexibility index (Phi) is 6.58. The lowest BCUT2D eigenvalue weighted by Gasteiger charge is -2.35. The van der Waals surface area contributed by atoms with Crippen LogP contribution >= 0.6 is 15.9 Å². The van der Waals surface area contributed by atoms with Crippen molar-refractivity contribution in [2.45, 2.75) is 43.7 Å². The van der Waals surface area contributed by atoms with Gasteiger partial charge in [0, 0.05) is 36.7 Å². The van der Waals surface area contributed by atoms with Crippen molar-refractivity contribution < 1.29 is 13.2 Å². The van der Waals surface area contributed by atoms with Gasteiger partial charge in [0.05, 0.1) is 4.90 Å². The molecule has 0 aliphatic carbocycles. The van der Waals surface area contributed by atoms with Gasteiger partial charge < -0.3 is 4.90 Å². The van der Waals surface area contributed by atoms with Crippen LogP contribution in [0, 0.1) is 5.92 Å². The summed E-state index contributed by atoms with van der Waals surface area (Å²) in [6.45, 7) is 5.80. The summed E-state index contributed by atoms with van der Waals surface area (Å²) in [4.78, 5) is 14.8. The minimum atomic E-state index is -3.54. The van der Waals surface area contributed by atoms with Crippen LogP contribution in [0.2, 0.25) is 0 Å². The number of amides is 1. The number of carbonyl (C=O) groups is 1. The molecule has 9 heteroatoms. The molecule has 1 amide bonds. The van der Waals surface area contributed by atoms with Gasteiger partial charge in [-0.3, -0.25) is 10.2 Å². The third-order valence-corrected chi connectivity index (χ3v) is 7.41. The molecule has 2 aliphatic heterocycles. The fourth-order valence-electron chi connectivity index (χ4n) is 3.65. The number of hydrogen-bond donors (Lipinski definition) is 2. The normalized spacial score (nSPS) is 24.5. The predicted octanol–water partition coefficient (Wildman–Crippen LogP) is 1.56. The standard InChI is InChI=1S/C18H27BrN4O3S/c1-13(2)10-15-12-17(21-20-15)18(24)22-6-8-23(9-7-22)27(25,26)16-5-3-4-14(19)11-16/h3-5,11,13,15,17,20-21H,6-10,12H2,1-2H3. The average molecular weight is 459 g/mol. The Balaban J connectivity index is 1.56. The molecule has 2 atom stereocenters. The van der Waals surface area contributed by atoms with E-state index in [1.165, 1.54) is 4.31 Å². The molecule has 2 N–H and O–H groups in total. The molecule has 2 fully saturated rings. The van der Waals surface area contributed by atoms with E-state index in [1.54, 1.807) is 29.2 Å². The van der Waals surface area contributed by atoms with Gasteiger partial charge in [-0.15, -0.1) is 0 Å². The van der Waals surface area contributed by atoms with E-state index in [4.69, 9.17) is 0 Å². The first-order chi connectivity index (χ1) is 12.8. The molecule has 27 heavy (non-hydrogen) atoms. The zero-order valence-corrected chi connectivity index (χ0v) is 18.1. The van der Waals surface area contributed by atoms with Gasteiger partial charge >= 0.3 is 0 Å². The minimum absolute atomic E-state index is 0.0493. The lowest BCUT2D eigenvalue weighted by Crippen LogP contribution is -2.54. The highest BCUT2D eigenvalue weighted by Gasteiger charge is 2.35. The van der Waals surface area contributed by atoms with Crippen LogP contribution in [0.25, 0.3) is 0 Å². The Morgan fingerprint density at radius 1 is 1.22 bits per heavy atom. The Morgan fingerprint density at radius 2 is 1.93 bits per heavy atom. The molecule has 1 aromatic rings. The van der Waals surface area contributed by atoms with Crippen LogP contribution in [-0.2, 0) is 14.8 Å². The second-order valence-electron chi connectivity index (χ2n) is 7.59. The number of carbonyl (C=O) groups excluding carboxylic acids is 1. The number of halogens is 1. The van der Waals surface area contributed by atoms with Gasteiger partial charge in [0.2, 0.25) is 15.9 Å². The lowest BCUT2D eigenvalue weighted by molar-refractivity contribution is -0.134. The van der Waals surface area contributed by atoms with Gasteiger partial charge in [-0.2, -0.15) is 4.31 Å². The summed E-state index contributed by atoms with van der Waals surface area (Å²) in [5.74, 6) is 0.623. The zero-order valence-electron chi connectivity index (χ0n) is 15.7. The number of piperazine rings is 1. The second kappa shape index (κ2) is 8.57. The molecular weight excluding hydrogens is 432 g/mol. The fourth-order valence-corrected chi connectivity index (χ4v) is 5.67. The Labute approximate surface area is 169 Å². The summed E-state index contributed by atoms with van der Waals surface area (Å²) in [7, 11) is -3.54. The number of nitrogens with one attached hydrogen (secondary N) is 2. The minimum Gasteiger partial charge on any atom is -0.339 e. The number of hydrazine groups is 1. The smallest absolute Gasteiger partial charge is 0.243 e. The molecule has 1 aromatic carbocycles. The molecule has 3 rings (SSSR count). The first kappa shape index (κ1) is 20.7. The van der Waals surface area contributed by atoms with Crippen molar-refractivity contribution in [3.05, 3.63) is 28.7 Å². The van der Waals surface area contributed by atoms with E-state index in [0.29, 0.717) is 38.1 Å². The molecule has 0 spiro atoms. The molecule has 0 radical (unpaired) electrons. The van der Waals surface area contributed by atoms with Gasteiger partial charge in [0.25, 0.3) is 0 Å². The van der Waals surface area contributed by atoms with Crippen LogP contribution in [-0.4, -0.2) is 61.8 Å². The van der Waals surface area contributed by atoms with Gasteiger partial charge in [-0.1, -0.05) is 35.8 Å². The Morgan fingerprint density at radius 3 is 2.56 bits per heavy atom. The van der Waals surface area contributed by atoms with Crippen molar-refractivity contribution in [1.29, 1.82) is 0 Å². The first-order valence-electron chi connectivity index (χ1n) is 9.33. The average Bonchev–Trinajstić information content (AvgIpc) is 3.09. The topological polar surface area (TPSA) is 81.8 Å². The predicted molar refractivity (Wildman–Crippen MR) is 107 cm³/mol. The van der Waals surface area contributed by atoms with Crippen molar-refractivity contribution in [3.63, 3.8) is 0 Å². The van der Waals surface area contributed by atoms with Crippen molar-refractivity contribution >= 4 is 31.9 Å². The van der Waals surface area contributed by atoms with Crippen LogP contribution in [0.5, 0.6) is 0 Å². The highest BCUT2D eigenvalue weighted by atomic mass is 79.9. The number of rotatable bonds is 5. The maximum absolute atomic E-state index is 12.8. The summed E-state index contributed by atoms with van der Waals surface area (Å²) in [5, 5.41) is 0. The summed E-state index contributed by atoms with van der Waals surface area (Å²) in [6, 6.07) is 6.78. The summed E-state index contributed by atoms with van der Waals surface area (Å²) in [5.41, 5.74) is 6.31. The molecule has 0 saturated carbocycles. The van der Waals surface area contributed by atoms with Crippen LogP contribution in [0.4, 0.5) is 0 Å². The molecule has 2 unspecified atom stereocenters. The van der Waals surface area contributed by atoms with Crippen molar-refractivity contribution in [1.82, 2.24) is 20.1 Å². The van der Waals surface area contributed by atoms with E-state index in [9.17, 15) is 13.2 Å². The monoisotopic (exact) mass is 458 g/mol. The number of hydrogen-bond acceptors (Lipinski definition) is 5. The van der Waals surface area contributed by atoms with Crippen molar-refractivity contribution in [2.75, 3.05) is 26.2 Å². The van der Waals surface area contributed by atoms with Gasteiger partial charge in [-0.05, 0) is 37.0 Å². The van der Waals surface area contributed by atoms with Gasteiger partial charge in [0.15, 0.2) is 0 Å². The van der Waals surface area contributed by atoms with Crippen LogP contribution in [0.3, 0.4) is 0 Å². The van der Waals surface area contributed by atoms with Crippen LogP contribution in [0.15, 0.2) is 33.6 Å². The third kappa shape index (κ3) is 4.89. The molecule has 150 valence electrons. The molecule has 0 bridgehead atoms. The maximum atomic E-state index is 12.8. The summed E-state index contributed by atoms with van der Waals surface area (Å²) in [6.07, 6.45) is 1.79. The number of nitrogens with zero attached hydrogens (tertiary/aromatic N) is 2. The van der Waals surface area contributed by atoms with E-state index < -0.39 is 10.0 Å². The van der Waals surface area contributed by atoms with Gasteiger partial charge in [0.1, 0.15) is 6.04 Å². The van der Waals surface area contributed by atoms with E-state index >= 15 is 0 Å². The highest BCUT2D eigenvalue weighted by Crippen LogP contribution is 2.22. The Bertz CT molecular complexity index is 779. The number of sulfonamides is 1. The SMILES string of the molecule is CC(C)CC1CC(C(=O)N2CCN(S(=O)(=O)c3cccc(Br)c3)CC2)NN1. The van der Waals surface area contributed by atoms with Crippen LogP contribution in [0.1, 0.15) is 26.7 Å². The van der Waals surface area contributed by atoms with Gasteiger partial charge in [-0.25, -0.2) is 13.8 Å². The zero-order chi connectivity index (χ0) is 19.6. The first-order valence-corrected chi connectivity index (χ1v) is 11.6. The molecule has 0 aromatic heterocycles. The van der Waals surface area contributed by atoms with Crippen LogP contribution < -0.4 is 10.9 Å². The fraction of sp³-hybridized carbons (Fsp3) is 0.611. The highest BCUT2D eigenvalue weighted by molar-refractivity contribution is 9.10. The Hall–Kier alpha value is -1.00. The van der Waals surface area contributed by atoms with Crippen molar-refractivity contribution in [3.8, 4) is 0 Å².